The van der Waals surface area contributed by atoms with Crippen LogP contribution in [0.4, 0.5) is 0 Å². The molecule has 2 heterocycles. The van der Waals surface area contributed by atoms with E-state index in [9.17, 15) is 4.79 Å². The van der Waals surface area contributed by atoms with E-state index in [1.807, 2.05) is 6.92 Å². The van der Waals surface area contributed by atoms with E-state index in [1.54, 1.807) is 32.2 Å². The first-order valence-corrected chi connectivity index (χ1v) is 12.5. The Morgan fingerprint density at radius 3 is 2.24 bits per heavy atom. The molecule has 9 nitrogen and oxygen atoms in total. The van der Waals surface area contributed by atoms with Gasteiger partial charge in [-0.15, -0.1) is 10.2 Å². The number of carbonyl (C=O) groups is 1. The van der Waals surface area contributed by atoms with Crippen molar-refractivity contribution in [3.05, 3.63) is 46.7 Å². The van der Waals surface area contributed by atoms with E-state index >= 15 is 0 Å². The molecule has 0 aromatic carbocycles. The Bertz CT molecular complexity index is 973. The second-order valence-electron chi connectivity index (χ2n) is 5.50. The molecular formula is C15H14ClN8OS2Zn2-. The van der Waals surface area contributed by atoms with Gasteiger partial charge in [-0.05, 0) is 38.5 Å². The zero-order chi connectivity index (χ0) is 20.8. The summed E-state index contributed by atoms with van der Waals surface area (Å²) in [5.74, 6) is 0.940. The van der Waals surface area contributed by atoms with Gasteiger partial charge in [-0.25, -0.2) is 9.35 Å². The second kappa shape index (κ2) is 11.7. The molecule has 2 aromatic heterocycles. The van der Waals surface area contributed by atoms with Gasteiger partial charge in [-0.1, -0.05) is 0 Å². The monoisotopic (exact) mass is 549 g/mol. The van der Waals surface area contributed by atoms with Crippen molar-refractivity contribution < 1.29 is 41.6 Å². The van der Waals surface area contributed by atoms with Crippen molar-refractivity contribution in [2.24, 2.45) is 5.10 Å². The van der Waals surface area contributed by atoms with Gasteiger partial charge in [-0.2, -0.15) is 15.3 Å². The Labute approximate surface area is 205 Å². The third-order valence-electron chi connectivity index (χ3n) is 3.52. The average Bonchev–Trinajstić information content (AvgIpc) is 3.17. The predicted octanol–water partition coefficient (Wildman–Crippen LogP) is 1.40. The molecule has 0 radical (unpaired) electrons. The topological polar surface area (TPSA) is 103 Å². The fourth-order valence-electron chi connectivity index (χ4n) is 2.25. The summed E-state index contributed by atoms with van der Waals surface area (Å²) < 4.78 is 2.90. The van der Waals surface area contributed by atoms with Gasteiger partial charge in [0.25, 0.3) is 0 Å². The van der Waals surface area contributed by atoms with E-state index < -0.39 is 0 Å². The standard InChI is InChI=1S/C15H16N8OS2.ClH.2Zn/c1-8-4-11(6-16-22-9(2)18-20-14(22)25)13(24)12(5-8)7-17-23-10(3)19-21-15(23)26;;;/h4-7,16H,1-3H3,(H,20,25)(H,21,26);1H;;/q;;;+2/p-3/b11-6-,17-7-;;;. The third-order valence-corrected chi connectivity index (χ3v) is 4.03. The number of ketones is 1. The van der Waals surface area contributed by atoms with E-state index in [2.05, 4.69) is 30.9 Å². The number of nitrogens with one attached hydrogen (secondary N) is 1. The molecule has 0 amide bonds. The van der Waals surface area contributed by atoms with Gasteiger partial charge in [0, 0.05) is 47.1 Å². The van der Waals surface area contributed by atoms with Crippen molar-refractivity contribution in [2.45, 2.75) is 31.1 Å². The zero-order valence-corrected chi connectivity index (χ0v) is 24.3. The van der Waals surface area contributed by atoms with Crippen molar-refractivity contribution in [1.82, 2.24) is 29.7 Å². The molecule has 29 heavy (non-hydrogen) atoms. The van der Waals surface area contributed by atoms with Gasteiger partial charge in [-0.3, -0.25) is 10.2 Å². The third kappa shape index (κ3) is 6.30. The summed E-state index contributed by atoms with van der Waals surface area (Å²) in [6.07, 6.45) is 6.51. The van der Waals surface area contributed by atoms with Gasteiger partial charge >= 0.3 is 27.0 Å². The molecule has 144 valence electrons. The number of allylic oxidation sites excluding steroid dienone is 5. The molecule has 1 aliphatic carbocycles. The minimum Gasteiger partial charge on any atom is 0 e. The van der Waals surface area contributed by atoms with Gasteiger partial charge in [0.1, 0.15) is 11.6 Å². The number of halogens is 1. The molecule has 0 saturated carbocycles. The maximum Gasteiger partial charge on any atom is 0 e. The largest absolute Gasteiger partial charge is 0 e. The van der Waals surface area contributed by atoms with Crippen molar-refractivity contribution in [3.63, 3.8) is 0 Å². The van der Waals surface area contributed by atoms with Crippen molar-refractivity contribution in [3.8, 4) is 0 Å². The molecule has 3 rings (SSSR count). The zero-order valence-electron chi connectivity index (χ0n) is 16.0. The molecule has 0 saturated heterocycles. The van der Waals surface area contributed by atoms with E-state index in [0.717, 1.165) is 22.9 Å². The molecule has 0 aliphatic heterocycles. The molecule has 14 heteroatoms. The number of nitrogens with zero attached hydrogens (tertiary/aromatic N) is 7. The number of Topliss-reactive ketones (excluding diaryl/α,β-unsaturated/α-hetero) is 1. The van der Waals surface area contributed by atoms with Crippen LogP contribution in [-0.4, -0.2) is 41.7 Å². The first-order valence-electron chi connectivity index (χ1n) is 7.77. The van der Waals surface area contributed by atoms with Crippen molar-refractivity contribution in [2.75, 3.05) is 5.43 Å². The number of aromatic nitrogens is 6. The van der Waals surface area contributed by atoms with Crippen LogP contribution in [0.2, 0.25) is 0 Å². The fraction of sp³-hybridized carbons (Fsp3) is 0.200. The number of carbonyl (C=O) groups excluding carboxylic acids is 1. The summed E-state index contributed by atoms with van der Waals surface area (Å²) in [4.78, 5) is 12.7. The Kier molecular flexibility index (Phi) is 10.4. The van der Waals surface area contributed by atoms with Crippen LogP contribution >= 0.6 is 9.69 Å². The predicted molar refractivity (Wildman–Crippen MR) is 105 cm³/mol. The normalized spacial score (nSPS) is 14.8. The van der Waals surface area contributed by atoms with Crippen LogP contribution < -0.4 is 5.43 Å². The van der Waals surface area contributed by atoms with Crippen LogP contribution in [0.5, 0.6) is 0 Å². The van der Waals surface area contributed by atoms with E-state index in [0.29, 0.717) is 22.8 Å². The molecule has 0 atom stereocenters. The smallest absolute Gasteiger partial charge is 0 e. The molecule has 0 bridgehead atoms. The first kappa shape index (κ1) is 25.7. The fourth-order valence-corrected chi connectivity index (χ4v) is 2.70. The summed E-state index contributed by atoms with van der Waals surface area (Å²) in [6.45, 7) is 5.37. The Morgan fingerprint density at radius 2 is 1.69 bits per heavy atom. The maximum absolute atomic E-state index is 12.7. The number of aryl methyl sites for hydroxylation is 2. The summed E-state index contributed by atoms with van der Waals surface area (Å²) in [5, 5.41) is 19.9. The van der Waals surface area contributed by atoms with E-state index in [1.165, 1.54) is 15.6 Å². The molecule has 1 N–H and O–H groups in total. The maximum atomic E-state index is 12.7. The number of rotatable bonds is 4. The van der Waals surface area contributed by atoms with Crippen molar-refractivity contribution >= 4 is 46.9 Å². The van der Waals surface area contributed by atoms with Crippen LogP contribution in [-0.2, 0) is 66.8 Å². The second-order valence-corrected chi connectivity index (χ2v) is 6.23. The Morgan fingerprint density at radius 1 is 1.07 bits per heavy atom. The molecule has 0 unspecified atom stereocenters. The molecule has 0 spiro atoms. The quantitative estimate of drug-likeness (QED) is 0.263. The van der Waals surface area contributed by atoms with Gasteiger partial charge in [0.05, 0.1) is 6.21 Å². The minimum atomic E-state index is -0.194. The SMILES string of the molecule is CC1=C/C(=C/Nn2c(C)nnc2[S-])C(=O)C(/C=N\n2c(C)nnc2[S-])=C1.[Cl][Zn+].[Zn]. The van der Waals surface area contributed by atoms with Crippen LogP contribution in [0.1, 0.15) is 18.6 Å². The Hall–Kier alpha value is -1.38. The van der Waals surface area contributed by atoms with Crippen molar-refractivity contribution in [1.29, 1.82) is 0 Å². The molecular weight excluding hydrogens is 539 g/mol. The average molecular weight is 553 g/mol. The minimum absolute atomic E-state index is 0. The van der Waals surface area contributed by atoms with Gasteiger partial charge in [0.2, 0.25) is 0 Å². The van der Waals surface area contributed by atoms with E-state index in [-0.39, 0.29) is 35.6 Å². The number of hydrogen-bond donors (Lipinski definition) is 1. The summed E-state index contributed by atoms with van der Waals surface area (Å²) in [5.41, 5.74) is 4.71. The molecule has 0 fully saturated rings. The molecule has 1 aliphatic rings. The van der Waals surface area contributed by atoms with E-state index in [4.69, 9.17) is 34.9 Å². The first-order chi connectivity index (χ1) is 13.4. The van der Waals surface area contributed by atoms with Gasteiger partial charge < -0.3 is 25.3 Å². The van der Waals surface area contributed by atoms with Crippen LogP contribution in [0, 0.1) is 13.8 Å². The van der Waals surface area contributed by atoms with Crippen LogP contribution in [0.15, 0.2) is 50.5 Å². The van der Waals surface area contributed by atoms with Gasteiger partial charge in [0.15, 0.2) is 5.78 Å². The van der Waals surface area contributed by atoms with Crippen LogP contribution in [0.25, 0.3) is 0 Å². The molecule has 2 aromatic rings. The summed E-state index contributed by atoms with van der Waals surface area (Å²) >= 11 is 11.0. The summed E-state index contributed by atoms with van der Waals surface area (Å²) in [6, 6.07) is 0. The van der Waals surface area contributed by atoms with Crippen LogP contribution in [0.3, 0.4) is 0 Å². The Balaban J connectivity index is 0.00000136. The number of hydrogen-bond acceptors (Lipinski definition) is 9. The summed E-state index contributed by atoms with van der Waals surface area (Å²) in [7, 11) is 4.76.